The van der Waals surface area contributed by atoms with Crippen molar-refractivity contribution in [3.8, 4) is 5.75 Å². The zero-order valence-electron chi connectivity index (χ0n) is 22.0. The van der Waals surface area contributed by atoms with Gasteiger partial charge < -0.3 is 19.7 Å². The average Bonchev–Trinajstić information content (AvgIpc) is 2.90. The van der Waals surface area contributed by atoms with Crippen molar-refractivity contribution in [2.24, 2.45) is 0 Å². The third-order valence-corrected chi connectivity index (χ3v) is 6.21. The quantitative estimate of drug-likeness (QED) is 0.197. The molecular formula is C29H43N3O4. The largest absolute Gasteiger partial charge is 0.489 e. The third kappa shape index (κ3) is 10.7. The summed E-state index contributed by atoms with van der Waals surface area (Å²) in [4.78, 5) is 19.6. The Balaban J connectivity index is 1.43. The van der Waals surface area contributed by atoms with Crippen LogP contribution in [0.1, 0.15) is 51.4 Å². The predicted molar refractivity (Wildman–Crippen MR) is 145 cm³/mol. The maximum atomic E-state index is 12.1. The van der Waals surface area contributed by atoms with E-state index >= 15 is 0 Å². The number of nitrogens with one attached hydrogen (secondary N) is 2. The van der Waals surface area contributed by atoms with Crippen molar-refractivity contribution in [3.05, 3.63) is 54.1 Å². The lowest BCUT2D eigenvalue weighted by molar-refractivity contribution is -0.200. The molecule has 2 N–H and O–H groups in total. The highest BCUT2D eigenvalue weighted by molar-refractivity contribution is 5.88. The number of hydrogen-bond acceptors (Lipinski definition) is 6. The number of benzene rings is 2. The Hall–Kier alpha value is -2.45. The second kappa shape index (κ2) is 16.3. The van der Waals surface area contributed by atoms with Gasteiger partial charge in [0.2, 0.25) is 5.91 Å². The van der Waals surface area contributed by atoms with E-state index in [1.807, 2.05) is 24.3 Å². The van der Waals surface area contributed by atoms with Gasteiger partial charge in [-0.05, 0) is 82.7 Å². The number of carbonyl (C=O) groups is 1. The number of rotatable bonds is 16. The lowest BCUT2D eigenvalue weighted by Crippen LogP contribution is -2.32. The van der Waals surface area contributed by atoms with Crippen LogP contribution < -0.4 is 15.5 Å². The molecule has 1 saturated heterocycles. The van der Waals surface area contributed by atoms with E-state index in [0.717, 1.165) is 75.7 Å². The Morgan fingerprint density at radius 3 is 2.81 bits per heavy atom. The summed E-state index contributed by atoms with van der Waals surface area (Å²) in [6.07, 6.45) is 9.13. The second-order valence-corrected chi connectivity index (χ2v) is 9.65. The van der Waals surface area contributed by atoms with Crippen LogP contribution in [0, 0.1) is 0 Å². The summed E-state index contributed by atoms with van der Waals surface area (Å²) in [5, 5.41) is 5.86. The van der Waals surface area contributed by atoms with E-state index in [-0.39, 0.29) is 12.2 Å². The molecule has 0 radical (unpaired) electrons. The molecule has 3 rings (SSSR count). The molecule has 1 aliphatic rings. The fourth-order valence-corrected chi connectivity index (χ4v) is 4.17. The minimum atomic E-state index is -0.305. The van der Waals surface area contributed by atoms with Crippen LogP contribution >= 0.6 is 0 Å². The molecule has 0 spiro atoms. The van der Waals surface area contributed by atoms with Gasteiger partial charge in [-0.3, -0.25) is 4.79 Å². The minimum Gasteiger partial charge on any atom is -0.489 e. The van der Waals surface area contributed by atoms with Crippen LogP contribution in [-0.2, 0) is 14.4 Å². The summed E-state index contributed by atoms with van der Waals surface area (Å²) in [7, 11) is 4.19. The maximum absolute atomic E-state index is 12.1. The molecule has 0 saturated carbocycles. The molecule has 1 atom stereocenters. The van der Waals surface area contributed by atoms with Gasteiger partial charge in [-0.1, -0.05) is 42.5 Å². The van der Waals surface area contributed by atoms with Gasteiger partial charge in [0.05, 0.1) is 0 Å². The molecule has 2 aromatic carbocycles. The van der Waals surface area contributed by atoms with Gasteiger partial charge in [-0.25, -0.2) is 10.3 Å². The summed E-state index contributed by atoms with van der Waals surface area (Å²) in [5.41, 5.74) is 3.77. The van der Waals surface area contributed by atoms with Crippen LogP contribution in [0.5, 0.6) is 5.75 Å². The predicted octanol–water partition coefficient (Wildman–Crippen LogP) is 4.82. The van der Waals surface area contributed by atoms with E-state index in [4.69, 9.17) is 14.3 Å². The molecular weight excluding hydrogens is 454 g/mol. The van der Waals surface area contributed by atoms with Gasteiger partial charge in [-0.15, -0.1) is 0 Å². The van der Waals surface area contributed by atoms with Crippen LogP contribution in [0.4, 0.5) is 0 Å². The van der Waals surface area contributed by atoms with E-state index in [1.165, 1.54) is 11.0 Å². The monoisotopic (exact) mass is 497 g/mol. The highest BCUT2D eigenvalue weighted by Gasteiger charge is 2.15. The Labute approximate surface area is 216 Å². The molecule has 1 fully saturated rings. The molecule has 1 aliphatic heterocycles. The number of fused-ring (bicyclic) bond motifs is 1. The average molecular weight is 498 g/mol. The standard InChI is InChI=1S/C29H43N3O4/c1-32(2)20-11-19-30-22-24(23-35-27-16-10-14-25-13-6-7-15-26(25)27)12-4-3-5-17-28(33)31-36-29-18-8-9-21-34-29/h6-7,10,12-16,29-30H,3-5,8-9,11,17-23H2,1-2H3,(H,31,33)/b24-12+. The van der Waals surface area contributed by atoms with Gasteiger partial charge in [0, 0.05) is 31.4 Å². The van der Waals surface area contributed by atoms with Crippen molar-refractivity contribution < 1.29 is 19.1 Å². The fraction of sp³-hybridized carbons (Fsp3) is 0.552. The number of hydroxylamine groups is 1. The maximum Gasteiger partial charge on any atom is 0.243 e. The third-order valence-electron chi connectivity index (χ3n) is 6.21. The van der Waals surface area contributed by atoms with Crippen molar-refractivity contribution in [1.82, 2.24) is 15.7 Å². The summed E-state index contributed by atoms with van der Waals surface area (Å²) in [5.74, 6) is 0.820. The molecule has 1 unspecified atom stereocenters. The molecule has 0 aliphatic carbocycles. The van der Waals surface area contributed by atoms with Crippen LogP contribution in [0.2, 0.25) is 0 Å². The van der Waals surface area contributed by atoms with E-state index in [0.29, 0.717) is 19.6 Å². The van der Waals surface area contributed by atoms with Crippen molar-refractivity contribution in [2.45, 2.75) is 57.7 Å². The van der Waals surface area contributed by atoms with Gasteiger partial charge in [0.1, 0.15) is 12.4 Å². The van der Waals surface area contributed by atoms with Gasteiger partial charge in [0.25, 0.3) is 0 Å². The van der Waals surface area contributed by atoms with E-state index in [1.54, 1.807) is 0 Å². The van der Waals surface area contributed by atoms with Crippen LogP contribution in [-0.4, -0.2) is 64.0 Å². The number of amides is 1. The Morgan fingerprint density at radius 1 is 1.11 bits per heavy atom. The lowest BCUT2D eigenvalue weighted by Gasteiger charge is -2.22. The first-order chi connectivity index (χ1) is 17.6. The van der Waals surface area contributed by atoms with Gasteiger partial charge in [-0.2, -0.15) is 0 Å². The van der Waals surface area contributed by atoms with E-state index < -0.39 is 0 Å². The van der Waals surface area contributed by atoms with Crippen molar-refractivity contribution >= 4 is 16.7 Å². The molecule has 7 heteroatoms. The number of carbonyl (C=O) groups excluding carboxylic acids is 1. The minimum absolute atomic E-state index is 0.0878. The second-order valence-electron chi connectivity index (χ2n) is 9.65. The number of nitrogens with zero attached hydrogens (tertiary/aromatic N) is 1. The highest BCUT2D eigenvalue weighted by atomic mass is 16.8. The molecule has 2 aromatic rings. The Bertz CT molecular complexity index is 936. The van der Waals surface area contributed by atoms with Crippen molar-refractivity contribution in [3.63, 3.8) is 0 Å². The highest BCUT2D eigenvalue weighted by Crippen LogP contribution is 2.25. The smallest absolute Gasteiger partial charge is 0.243 e. The number of allylic oxidation sites excluding steroid dienone is 1. The van der Waals surface area contributed by atoms with E-state index in [2.05, 4.69) is 54.1 Å². The van der Waals surface area contributed by atoms with Crippen LogP contribution in [0.3, 0.4) is 0 Å². The first-order valence-electron chi connectivity index (χ1n) is 13.3. The summed E-state index contributed by atoms with van der Waals surface area (Å²) in [6.45, 7) is 4.08. The van der Waals surface area contributed by atoms with Crippen molar-refractivity contribution in [1.29, 1.82) is 0 Å². The normalized spacial score (nSPS) is 16.4. The van der Waals surface area contributed by atoms with Crippen LogP contribution in [0.15, 0.2) is 54.1 Å². The summed E-state index contributed by atoms with van der Waals surface area (Å²) >= 11 is 0. The zero-order valence-corrected chi connectivity index (χ0v) is 22.0. The molecule has 0 bridgehead atoms. The number of ether oxygens (including phenoxy) is 2. The summed E-state index contributed by atoms with van der Waals surface area (Å²) < 4.78 is 11.7. The molecule has 198 valence electrons. The lowest BCUT2D eigenvalue weighted by atomic mass is 10.1. The summed E-state index contributed by atoms with van der Waals surface area (Å²) in [6, 6.07) is 14.5. The van der Waals surface area contributed by atoms with Crippen LogP contribution in [0.25, 0.3) is 10.8 Å². The Kier molecular flexibility index (Phi) is 12.8. The van der Waals surface area contributed by atoms with Crippen molar-refractivity contribution in [2.75, 3.05) is 46.9 Å². The molecule has 36 heavy (non-hydrogen) atoms. The van der Waals surface area contributed by atoms with E-state index in [9.17, 15) is 4.79 Å². The first kappa shape index (κ1) is 28.1. The topological polar surface area (TPSA) is 72.1 Å². The zero-order chi connectivity index (χ0) is 25.4. The molecule has 7 nitrogen and oxygen atoms in total. The number of hydrogen-bond donors (Lipinski definition) is 2. The molecule has 1 heterocycles. The SMILES string of the molecule is CN(C)CCCNC/C(=C\CCCCC(=O)NOC1CCCCO1)COc1cccc2ccccc12. The van der Waals surface area contributed by atoms with Gasteiger partial charge in [0.15, 0.2) is 6.29 Å². The van der Waals surface area contributed by atoms with Gasteiger partial charge >= 0.3 is 0 Å². The number of unbranched alkanes of at least 4 members (excludes halogenated alkanes) is 2. The molecule has 0 aromatic heterocycles. The first-order valence-corrected chi connectivity index (χ1v) is 13.3. The molecule has 1 amide bonds. The fourth-order valence-electron chi connectivity index (χ4n) is 4.17. The Morgan fingerprint density at radius 2 is 1.97 bits per heavy atom.